The minimum atomic E-state index is -0.633. The molecule has 3 N–H and O–H groups in total. The molecular formula is C21H25ClN2O4. The van der Waals surface area contributed by atoms with Crippen LogP contribution in [0.1, 0.15) is 12.5 Å². The molecule has 7 heteroatoms. The second-order valence-electron chi connectivity index (χ2n) is 6.25. The van der Waals surface area contributed by atoms with Crippen molar-refractivity contribution in [2.24, 2.45) is 0 Å². The largest absolute Gasteiger partial charge is 0.494 e. The van der Waals surface area contributed by atoms with Gasteiger partial charge in [0.2, 0.25) is 5.56 Å². The Labute approximate surface area is 169 Å². The molecule has 0 radical (unpaired) electrons. The fourth-order valence-corrected chi connectivity index (χ4v) is 2.77. The van der Waals surface area contributed by atoms with Crippen molar-refractivity contribution in [1.29, 1.82) is 0 Å². The number of H-pyrrole nitrogens is 1. The van der Waals surface area contributed by atoms with Gasteiger partial charge in [-0.1, -0.05) is 12.1 Å². The lowest BCUT2D eigenvalue weighted by molar-refractivity contribution is 0.106. The number of aromatic nitrogens is 1. The van der Waals surface area contributed by atoms with Gasteiger partial charge in [0.1, 0.15) is 24.2 Å². The second kappa shape index (κ2) is 10.7. The lowest BCUT2D eigenvalue weighted by Crippen LogP contribution is -2.31. The number of nitrogens with one attached hydrogen (secondary N) is 2. The number of aromatic amines is 1. The molecule has 28 heavy (non-hydrogen) atoms. The smallest absolute Gasteiger partial charge is 0.248 e. The summed E-state index contributed by atoms with van der Waals surface area (Å²) in [4.78, 5) is 14.1. The van der Waals surface area contributed by atoms with Gasteiger partial charge in [-0.15, -0.1) is 12.4 Å². The Morgan fingerprint density at radius 1 is 1.07 bits per heavy atom. The number of benzene rings is 2. The van der Waals surface area contributed by atoms with E-state index in [9.17, 15) is 9.90 Å². The summed E-state index contributed by atoms with van der Waals surface area (Å²) in [5, 5.41) is 14.2. The van der Waals surface area contributed by atoms with Crippen molar-refractivity contribution >= 4 is 23.3 Å². The number of halogens is 1. The monoisotopic (exact) mass is 404 g/mol. The normalized spacial score (nSPS) is 11.6. The van der Waals surface area contributed by atoms with Gasteiger partial charge in [0, 0.05) is 30.1 Å². The molecule has 0 aliphatic rings. The first-order chi connectivity index (χ1) is 13.1. The van der Waals surface area contributed by atoms with Gasteiger partial charge in [-0.25, -0.2) is 0 Å². The van der Waals surface area contributed by atoms with Crippen LogP contribution >= 0.6 is 12.4 Å². The van der Waals surface area contributed by atoms with E-state index in [2.05, 4.69) is 10.3 Å². The molecule has 0 bridgehead atoms. The molecule has 0 saturated carbocycles. The summed E-state index contributed by atoms with van der Waals surface area (Å²) < 4.78 is 11.1. The van der Waals surface area contributed by atoms with Gasteiger partial charge in [0.15, 0.2) is 0 Å². The van der Waals surface area contributed by atoms with E-state index >= 15 is 0 Å². The van der Waals surface area contributed by atoms with Crippen LogP contribution in [0.4, 0.5) is 0 Å². The molecule has 2 aromatic carbocycles. The van der Waals surface area contributed by atoms with Gasteiger partial charge in [0.25, 0.3) is 0 Å². The van der Waals surface area contributed by atoms with Crippen LogP contribution in [0, 0.1) is 0 Å². The number of aliphatic hydroxyl groups is 1. The number of rotatable bonds is 9. The molecule has 0 aliphatic heterocycles. The Hall–Kier alpha value is -2.54. The predicted molar refractivity (Wildman–Crippen MR) is 113 cm³/mol. The minimum Gasteiger partial charge on any atom is -0.494 e. The van der Waals surface area contributed by atoms with Crippen LogP contribution in [0.3, 0.4) is 0 Å². The first kappa shape index (κ1) is 21.8. The number of ether oxygens (including phenoxy) is 2. The van der Waals surface area contributed by atoms with E-state index in [0.29, 0.717) is 25.4 Å². The van der Waals surface area contributed by atoms with Crippen LogP contribution in [0.25, 0.3) is 10.9 Å². The van der Waals surface area contributed by atoms with Crippen LogP contribution in [-0.2, 0) is 6.54 Å². The Balaban J connectivity index is 0.00000280. The third-order valence-corrected chi connectivity index (χ3v) is 4.06. The van der Waals surface area contributed by atoms with Gasteiger partial charge in [-0.3, -0.25) is 4.79 Å². The Morgan fingerprint density at radius 2 is 1.89 bits per heavy atom. The number of aliphatic hydroxyl groups excluding tert-OH is 1. The van der Waals surface area contributed by atoms with Gasteiger partial charge in [-0.05, 0) is 48.9 Å². The average Bonchev–Trinajstić information content (AvgIpc) is 2.67. The zero-order valence-electron chi connectivity index (χ0n) is 15.7. The van der Waals surface area contributed by atoms with Gasteiger partial charge in [0.05, 0.1) is 6.61 Å². The minimum absolute atomic E-state index is 0. The summed E-state index contributed by atoms with van der Waals surface area (Å²) >= 11 is 0. The van der Waals surface area contributed by atoms with Crippen molar-refractivity contribution in [3.05, 3.63) is 70.5 Å². The van der Waals surface area contributed by atoms with Crippen LogP contribution in [0.15, 0.2) is 59.4 Å². The number of fused-ring (bicyclic) bond motifs is 1. The van der Waals surface area contributed by atoms with Crippen LogP contribution in [0.2, 0.25) is 0 Å². The molecule has 0 unspecified atom stereocenters. The van der Waals surface area contributed by atoms with Crippen molar-refractivity contribution < 1.29 is 14.6 Å². The van der Waals surface area contributed by atoms with E-state index in [1.54, 1.807) is 18.2 Å². The topological polar surface area (TPSA) is 83.6 Å². The van der Waals surface area contributed by atoms with Crippen LogP contribution in [0.5, 0.6) is 11.5 Å². The fourth-order valence-electron chi connectivity index (χ4n) is 2.77. The SMILES string of the molecule is CCOc1cccc(CNC[C@@H](O)COc2ccc3[nH]c(=O)ccc3c2)c1.Cl. The Bertz CT molecular complexity index is 945. The molecule has 0 saturated heterocycles. The third-order valence-electron chi connectivity index (χ3n) is 4.06. The van der Waals surface area contributed by atoms with E-state index in [1.807, 2.05) is 37.3 Å². The lowest BCUT2D eigenvalue weighted by Gasteiger charge is -2.14. The summed E-state index contributed by atoms with van der Waals surface area (Å²) in [6.45, 7) is 3.83. The van der Waals surface area contributed by atoms with Gasteiger partial charge < -0.3 is 24.9 Å². The zero-order chi connectivity index (χ0) is 19.1. The second-order valence-corrected chi connectivity index (χ2v) is 6.25. The first-order valence-electron chi connectivity index (χ1n) is 9.00. The molecule has 150 valence electrons. The summed E-state index contributed by atoms with van der Waals surface area (Å²) in [6, 6.07) is 16.5. The summed E-state index contributed by atoms with van der Waals surface area (Å²) in [7, 11) is 0. The van der Waals surface area contributed by atoms with Gasteiger partial charge in [-0.2, -0.15) is 0 Å². The van der Waals surface area contributed by atoms with E-state index in [1.165, 1.54) is 6.07 Å². The van der Waals surface area contributed by atoms with Crippen LogP contribution in [-0.4, -0.2) is 36.0 Å². The maximum absolute atomic E-state index is 11.3. The van der Waals surface area contributed by atoms with Crippen molar-refractivity contribution in [3.8, 4) is 11.5 Å². The number of hydrogen-bond acceptors (Lipinski definition) is 5. The highest BCUT2D eigenvalue weighted by Crippen LogP contribution is 2.18. The summed E-state index contributed by atoms with van der Waals surface area (Å²) in [6.07, 6.45) is -0.633. The number of pyridine rings is 1. The fraction of sp³-hybridized carbons (Fsp3) is 0.286. The quantitative estimate of drug-likeness (QED) is 0.510. The van der Waals surface area contributed by atoms with Crippen molar-refractivity contribution in [2.75, 3.05) is 19.8 Å². The molecule has 3 rings (SSSR count). The lowest BCUT2D eigenvalue weighted by atomic mass is 10.2. The van der Waals surface area contributed by atoms with Gasteiger partial charge >= 0.3 is 0 Å². The maximum Gasteiger partial charge on any atom is 0.248 e. The van der Waals surface area contributed by atoms with Crippen molar-refractivity contribution in [3.63, 3.8) is 0 Å². The Morgan fingerprint density at radius 3 is 2.71 bits per heavy atom. The molecular weight excluding hydrogens is 380 g/mol. The molecule has 0 amide bonds. The van der Waals surface area contributed by atoms with E-state index in [4.69, 9.17) is 9.47 Å². The van der Waals surface area contributed by atoms with E-state index < -0.39 is 6.10 Å². The highest BCUT2D eigenvalue weighted by atomic mass is 35.5. The molecule has 3 aromatic rings. The maximum atomic E-state index is 11.3. The average molecular weight is 405 g/mol. The highest BCUT2D eigenvalue weighted by molar-refractivity contribution is 5.85. The molecule has 0 spiro atoms. The predicted octanol–water partition coefficient (Wildman–Crippen LogP) is 2.88. The third kappa shape index (κ3) is 6.27. The number of hydrogen-bond donors (Lipinski definition) is 3. The molecule has 1 heterocycles. The first-order valence-corrected chi connectivity index (χ1v) is 9.00. The van der Waals surface area contributed by atoms with E-state index in [-0.39, 0.29) is 24.6 Å². The molecule has 1 atom stereocenters. The molecule has 1 aromatic heterocycles. The van der Waals surface area contributed by atoms with Crippen molar-refractivity contribution in [2.45, 2.75) is 19.6 Å². The standard InChI is InChI=1S/C21H24N2O4.ClH/c1-2-26-18-5-3-4-15(10-18)12-22-13-17(24)14-27-19-7-8-20-16(11-19)6-9-21(25)23-20;/h3-11,17,22,24H,2,12-14H2,1H3,(H,23,25);1H/t17-;/m1./s1. The Kier molecular flexibility index (Phi) is 8.32. The molecule has 0 fully saturated rings. The summed E-state index contributed by atoms with van der Waals surface area (Å²) in [5.74, 6) is 1.50. The van der Waals surface area contributed by atoms with E-state index in [0.717, 1.165) is 22.2 Å². The molecule has 6 nitrogen and oxygen atoms in total. The summed E-state index contributed by atoms with van der Waals surface area (Å²) in [5.41, 5.74) is 1.72. The van der Waals surface area contributed by atoms with Crippen molar-refractivity contribution in [1.82, 2.24) is 10.3 Å². The highest BCUT2D eigenvalue weighted by Gasteiger charge is 2.06. The zero-order valence-corrected chi connectivity index (χ0v) is 16.5. The molecule has 0 aliphatic carbocycles. The van der Waals surface area contributed by atoms with Crippen LogP contribution < -0.4 is 20.3 Å².